The van der Waals surface area contributed by atoms with Crippen LogP contribution in [0.25, 0.3) is 10.4 Å². The number of morpholine rings is 1. The van der Waals surface area contributed by atoms with Crippen molar-refractivity contribution in [3.05, 3.63) is 42.0 Å². The van der Waals surface area contributed by atoms with E-state index < -0.39 is 0 Å². The molecule has 0 radical (unpaired) electrons. The number of anilines is 1. The van der Waals surface area contributed by atoms with Gasteiger partial charge in [0.25, 0.3) is 5.91 Å². The van der Waals surface area contributed by atoms with Gasteiger partial charge in [0, 0.05) is 43.6 Å². The minimum absolute atomic E-state index is 0.0356. The van der Waals surface area contributed by atoms with Crippen molar-refractivity contribution in [1.82, 2.24) is 14.7 Å². The van der Waals surface area contributed by atoms with Crippen molar-refractivity contribution in [2.45, 2.75) is 31.7 Å². The van der Waals surface area contributed by atoms with Crippen molar-refractivity contribution < 1.29 is 14.3 Å². The summed E-state index contributed by atoms with van der Waals surface area (Å²) in [6.45, 7) is 6.08. The molecular weight excluding hydrogens is 448 g/mol. The Morgan fingerprint density at radius 1 is 0.941 bits per heavy atom. The summed E-state index contributed by atoms with van der Waals surface area (Å²) in [7, 11) is 0. The van der Waals surface area contributed by atoms with Gasteiger partial charge in [-0.15, -0.1) is 11.3 Å². The molecule has 3 aliphatic rings. The molecule has 1 aromatic carbocycles. The van der Waals surface area contributed by atoms with Crippen molar-refractivity contribution in [3.63, 3.8) is 0 Å². The molecule has 34 heavy (non-hydrogen) atoms. The van der Waals surface area contributed by atoms with Gasteiger partial charge in [0.15, 0.2) is 0 Å². The maximum Gasteiger partial charge on any atom is 0.256 e. The van der Waals surface area contributed by atoms with Crippen LogP contribution < -0.4 is 5.73 Å². The Labute approximate surface area is 205 Å². The molecule has 2 amide bonds. The van der Waals surface area contributed by atoms with Crippen molar-refractivity contribution in [2.75, 3.05) is 58.2 Å². The van der Waals surface area contributed by atoms with Gasteiger partial charge in [0.1, 0.15) is 0 Å². The smallest absolute Gasteiger partial charge is 0.256 e. The molecule has 0 spiro atoms. The monoisotopic (exact) mass is 482 g/mol. The molecule has 1 unspecified atom stereocenters. The SMILES string of the molecule is Nc1sc(-c2ccccc2)cc1C(=O)N1CCC(N2CCCC(C(=O)N3CCOCC3)C2)CC1. The zero-order chi connectivity index (χ0) is 23.5. The highest BCUT2D eigenvalue weighted by atomic mass is 32.1. The second-order valence-electron chi connectivity index (χ2n) is 9.55. The van der Waals surface area contributed by atoms with E-state index in [2.05, 4.69) is 4.90 Å². The van der Waals surface area contributed by atoms with Crippen LogP contribution in [0, 0.1) is 5.92 Å². The lowest BCUT2D eigenvalue weighted by atomic mass is 9.92. The van der Waals surface area contributed by atoms with E-state index in [0.29, 0.717) is 48.8 Å². The van der Waals surface area contributed by atoms with Crippen LogP contribution in [0.2, 0.25) is 0 Å². The van der Waals surface area contributed by atoms with Gasteiger partial charge in [-0.05, 0) is 43.9 Å². The molecule has 1 aromatic heterocycles. The van der Waals surface area contributed by atoms with Crippen LogP contribution in [-0.4, -0.2) is 85.0 Å². The lowest BCUT2D eigenvalue weighted by molar-refractivity contribution is -0.141. The molecule has 1 atom stereocenters. The first-order valence-corrected chi connectivity index (χ1v) is 13.3. The van der Waals surface area contributed by atoms with Gasteiger partial charge < -0.3 is 20.3 Å². The van der Waals surface area contributed by atoms with Crippen LogP contribution in [0.5, 0.6) is 0 Å². The number of thiophene rings is 1. The van der Waals surface area contributed by atoms with Crippen LogP contribution >= 0.6 is 11.3 Å². The predicted molar refractivity (Wildman–Crippen MR) is 135 cm³/mol. The molecule has 3 aliphatic heterocycles. The highest BCUT2D eigenvalue weighted by Crippen LogP contribution is 2.35. The van der Waals surface area contributed by atoms with Gasteiger partial charge >= 0.3 is 0 Å². The third-order valence-electron chi connectivity index (χ3n) is 7.44. The van der Waals surface area contributed by atoms with Gasteiger partial charge in [-0.25, -0.2) is 0 Å². The highest BCUT2D eigenvalue weighted by Gasteiger charge is 2.35. The van der Waals surface area contributed by atoms with E-state index in [0.717, 1.165) is 62.3 Å². The zero-order valence-corrected chi connectivity index (χ0v) is 20.5. The zero-order valence-electron chi connectivity index (χ0n) is 19.7. The number of ether oxygens (including phenoxy) is 1. The summed E-state index contributed by atoms with van der Waals surface area (Å²) in [5, 5.41) is 0.589. The average molecular weight is 483 g/mol. The molecule has 3 fully saturated rings. The Bertz CT molecular complexity index is 997. The summed E-state index contributed by atoms with van der Waals surface area (Å²) < 4.78 is 5.40. The number of likely N-dealkylation sites (tertiary alicyclic amines) is 2. The number of amides is 2. The van der Waals surface area contributed by atoms with Gasteiger partial charge in [-0.3, -0.25) is 14.5 Å². The second kappa shape index (κ2) is 10.5. The van der Waals surface area contributed by atoms with Gasteiger partial charge in [-0.1, -0.05) is 30.3 Å². The maximum atomic E-state index is 13.2. The summed E-state index contributed by atoms with van der Waals surface area (Å²) in [5.74, 6) is 0.421. The predicted octanol–water partition coefficient (Wildman–Crippen LogP) is 3.17. The van der Waals surface area contributed by atoms with E-state index in [4.69, 9.17) is 10.5 Å². The Balaban J connectivity index is 1.17. The van der Waals surface area contributed by atoms with E-state index in [-0.39, 0.29) is 11.8 Å². The van der Waals surface area contributed by atoms with E-state index >= 15 is 0 Å². The Hall–Kier alpha value is -2.42. The number of piperidine rings is 2. The summed E-state index contributed by atoms with van der Waals surface area (Å²) in [6.07, 6.45) is 3.93. The van der Waals surface area contributed by atoms with Gasteiger partial charge in [0.2, 0.25) is 5.91 Å². The Morgan fingerprint density at radius 2 is 1.68 bits per heavy atom. The van der Waals surface area contributed by atoms with E-state index in [9.17, 15) is 9.59 Å². The minimum Gasteiger partial charge on any atom is -0.390 e. The van der Waals surface area contributed by atoms with Crippen molar-refractivity contribution in [1.29, 1.82) is 0 Å². The molecule has 2 aromatic rings. The molecule has 8 heteroatoms. The second-order valence-corrected chi connectivity index (χ2v) is 10.6. The summed E-state index contributed by atoms with van der Waals surface area (Å²) in [4.78, 5) is 33.7. The lowest BCUT2D eigenvalue weighted by Gasteiger charge is -2.43. The standard InChI is InChI=1S/C26H34N4O3S/c27-24-22(17-23(34-24)19-5-2-1-3-6-19)26(32)28-11-8-21(9-12-28)30-10-4-7-20(18-30)25(31)29-13-15-33-16-14-29/h1-3,5-6,17,20-21H,4,7-16,18,27H2. The number of hydrogen-bond donors (Lipinski definition) is 1. The van der Waals surface area contributed by atoms with E-state index in [1.807, 2.05) is 46.2 Å². The molecule has 7 nitrogen and oxygen atoms in total. The normalized spacial score (nSPS) is 22.6. The van der Waals surface area contributed by atoms with Crippen LogP contribution in [0.15, 0.2) is 36.4 Å². The lowest BCUT2D eigenvalue weighted by Crippen LogP contribution is -2.53. The third-order valence-corrected chi connectivity index (χ3v) is 8.46. The maximum absolute atomic E-state index is 13.2. The molecule has 5 rings (SSSR count). The molecule has 0 aliphatic carbocycles. The van der Waals surface area contributed by atoms with Crippen molar-refractivity contribution >= 4 is 28.2 Å². The first-order valence-electron chi connectivity index (χ1n) is 12.4. The van der Waals surface area contributed by atoms with E-state index in [1.165, 1.54) is 11.3 Å². The number of rotatable bonds is 4. The topological polar surface area (TPSA) is 79.1 Å². The fourth-order valence-corrected chi connectivity index (χ4v) is 6.43. The van der Waals surface area contributed by atoms with E-state index in [1.54, 1.807) is 0 Å². The molecule has 0 bridgehead atoms. The van der Waals surface area contributed by atoms with Crippen LogP contribution in [0.1, 0.15) is 36.0 Å². The third kappa shape index (κ3) is 4.99. The van der Waals surface area contributed by atoms with Crippen LogP contribution in [0.3, 0.4) is 0 Å². The molecule has 0 saturated carbocycles. The minimum atomic E-state index is 0.0356. The fourth-order valence-electron chi connectivity index (χ4n) is 5.50. The molecular formula is C26H34N4O3S. The number of nitrogen functional groups attached to an aromatic ring is 1. The largest absolute Gasteiger partial charge is 0.390 e. The summed E-state index contributed by atoms with van der Waals surface area (Å²) in [5.41, 5.74) is 7.96. The Kier molecular flexibility index (Phi) is 7.18. The molecule has 3 saturated heterocycles. The Morgan fingerprint density at radius 3 is 2.41 bits per heavy atom. The molecule has 182 valence electrons. The molecule has 4 heterocycles. The average Bonchev–Trinajstić information content (AvgIpc) is 3.30. The number of carbonyl (C=O) groups is 2. The number of benzene rings is 1. The number of nitrogens with two attached hydrogens (primary N) is 1. The van der Waals surface area contributed by atoms with Crippen molar-refractivity contribution in [3.8, 4) is 10.4 Å². The van der Waals surface area contributed by atoms with Gasteiger partial charge in [0.05, 0.1) is 29.7 Å². The summed E-state index contributed by atoms with van der Waals surface area (Å²) >= 11 is 1.48. The quantitative estimate of drug-likeness (QED) is 0.724. The number of nitrogens with zero attached hydrogens (tertiary/aromatic N) is 3. The molecule has 2 N–H and O–H groups in total. The van der Waals surface area contributed by atoms with Crippen LogP contribution in [-0.2, 0) is 9.53 Å². The first-order chi connectivity index (χ1) is 16.6. The van der Waals surface area contributed by atoms with Gasteiger partial charge in [-0.2, -0.15) is 0 Å². The summed E-state index contributed by atoms with van der Waals surface area (Å²) in [6, 6.07) is 12.4. The highest BCUT2D eigenvalue weighted by molar-refractivity contribution is 7.19. The number of carbonyl (C=O) groups excluding carboxylic acids is 2. The fraction of sp³-hybridized carbons (Fsp3) is 0.538. The number of hydrogen-bond acceptors (Lipinski definition) is 6. The van der Waals surface area contributed by atoms with Crippen LogP contribution in [0.4, 0.5) is 5.00 Å². The first kappa shape index (κ1) is 23.3. The van der Waals surface area contributed by atoms with Crippen molar-refractivity contribution in [2.24, 2.45) is 5.92 Å².